The molecule has 0 aliphatic heterocycles. The number of hydrogen-bond donors (Lipinski definition) is 0. The molecule has 84 valence electrons. The van der Waals surface area contributed by atoms with Crippen molar-refractivity contribution in [1.82, 2.24) is 0 Å². The number of rotatable bonds is 1. The Hall–Kier alpha value is 0. The first-order valence-corrected chi connectivity index (χ1v) is 6.86. The molecule has 2 aliphatic rings. The maximum Gasteiger partial charge on any atom is 0 e. The quantitative estimate of drug-likeness (QED) is 0.516. The monoisotopic (exact) mass is 196 g/mol. The minimum absolute atomic E-state index is 0. The van der Waals surface area contributed by atoms with E-state index in [4.69, 9.17) is 0 Å². The van der Waals surface area contributed by atoms with Crippen molar-refractivity contribution in [3.8, 4) is 0 Å². The second-order valence-corrected chi connectivity index (χ2v) is 5.77. The van der Waals surface area contributed by atoms with Crippen LogP contribution in [-0.2, 0) is 0 Å². The Morgan fingerprint density at radius 2 is 1.14 bits per heavy atom. The second kappa shape index (κ2) is 5.19. The van der Waals surface area contributed by atoms with Crippen molar-refractivity contribution in [3.05, 3.63) is 0 Å². The Morgan fingerprint density at radius 1 is 0.643 bits per heavy atom. The highest BCUT2D eigenvalue weighted by Gasteiger charge is 2.26. The van der Waals surface area contributed by atoms with Gasteiger partial charge in [0.05, 0.1) is 0 Å². The highest BCUT2D eigenvalue weighted by Crippen LogP contribution is 2.38. The molecule has 0 N–H and O–H groups in total. The van der Waals surface area contributed by atoms with E-state index in [0.29, 0.717) is 0 Å². The topological polar surface area (TPSA) is 0 Å². The summed E-state index contributed by atoms with van der Waals surface area (Å²) in [5.41, 5.74) is 0. The molecule has 14 heavy (non-hydrogen) atoms. The van der Waals surface area contributed by atoms with Crippen LogP contribution in [0.2, 0.25) is 0 Å². The minimum atomic E-state index is 0. The van der Waals surface area contributed by atoms with Crippen LogP contribution in [0.15, 0.2) is 0 Å². The third-order valence-corrected chi connectivity index (χ3v) is 4.63. The molecule has 0 atom stereocenters. The molecule has 0 nitrogen and oxygen atoms in total. The van der Waals surface area contributed by atoms with Crippen LogP contribution in [0.25, 0.3) is 0 Å². The molecule has 0 aromatic rings. The van der Waals surface area contributed by atoms with Gasteiger partial charge in [0.2, 0.25) is 0 Å². The zero-order valence-electron chi connectivity index (χ0n) is 9.80. The molecule has 2 rings (SSSR count). The summed E-state index contributed by atoms with van der Waals surface area (Å²) < 4.78 is 0. The van der Waals surface area contributed by atoms with E-state index in [9.17, 15) is 0 Å². The smallest absolute Gasteiger partial charge is 0 e. The first kappa shape index (κ1) is 10.5. The highest BCUT2D eigenvalue weighted by molar-refractivity contribution is 4.77. The predicted octanol–water partition coefficient (Wildman–Crippen LogP) is 5.03. The second-order valence-electron chi connectivity index (χ2n) is 5.77. The Labute approximate surface area is 91.0 Å². The van der Waals surface area contributed by atoms with Gasteiger partial charge in [0.25, 0.3) is 0 Å². The van der Waals surface area contributed by atoms with Crippen LogP contribution >= 0.6 is 0 Å². The van der Waals surface area contributed by atoms with E-state index in [1.807, 2.05) is 0 Å². The van der Waals surface area contributed by atoms with E-state index >= 15 is 0 Å². The molecule has 0 unspecified atom stereocenters. The van der Waals surface area contributed by atoms with E-state index in [-0.39, 0.29) is 1.43 Å². The molecule has 0 spiro atoms. The SMILES string of the molecule is CC1CCC(C2CCCCCC2)CC1.[HH]. The minimum Gasteiger partial charge on any atom is -0.0625 e. The summed E-state index contributed by atoms with van der Waals surface area (Å²) in [5.74, 6) is 3.26. The lowest BCUT2D eigenvalue weighted by Gasteiger charge is -2.32. The molecule has 2 saturated carbocycles. The van der Waals surface area contributed by atoms with Crippen molar-refractivity contribution in [3.63, 3.8) is 0 Å². The molecule has 0 radical (unpaired) electrons. The average molecular weight is 196 g/mol. The summed E-state index contributed by atoms with van der Waals surface area (Å²) >= 11 is 0. The lowest BCUT2D eigenvalue weighted by Crippen LogP contribution is -2.20. The van der Waals surface area contributed by atoms with E-state index in [1.165, 1.54) is 38.5 Å². The van der Waals surface area contributed by atoms with Gasteiger partial charge in [-0.3, -0.25) is 0 Å². The van der Waals surface area contributed by atoms with Crippen LogP contribution in [0.5, 0.6) is 0 Å². The number of hydrogen-bond acceptors (Lipinski definition) is 0. The molecular weight excluding hydrogens is 168 g/mol. The fourth-order valence-corrected chi connectivity index (χ4v) is 3.54. The van der Waals surface area contributed by atoms with E-state index < -0.39 is 0 Å². The van der Waals surface area contributed by atoms with E-state index in [2.05, 4.69) is 6.92 Å². The van der Waals surface area contributed by atoms with Crippen LogP contribution in [0.4, 0.5) is 0 Å². The van der Waals surface area contributed by atoms with Gasteiger partial charge in [-0.25, -0.2) is 0 Å². The van der Waals surface area contributed by atoms with Gasteiger partial charge in [0.15, 0.2) is 0 Å². The van der Waals surface area contributed by atoms with Crippen molar-refractivity contribution >= 4 is 0 Å². The van der Waals surface area contributed by atoms with E-state index in [0.717, 1.165) is 17.8 Å². The van der Waals surface area contributed by atoms with Gasteiger partial charge in [-0.05, 0) is 30.6 Å². The van der Waals surface area contributed by atoms with Crippen LogP contribution < -0.4 is 0 Å². The molecule has 2 aliphatic carbocycles. The summed E-state index contributed by atoms with van der Waals surface area (Å²) in [4.78, 5) is 0. The Kier molecular flexibility index (Phi) is 3.89. The first-order chi connectivity index (χ1) is 6.86. The fraction of sp³-hybridized carbons (Fsp3) is 1.00. The summed E-state index contributed by atoms with van der Waals surface area (Å²) in [6.07, 6.45) is 15.3. The molecule has 2 fully saturated rings. The highest BCUT2D eigenvalue weighted by atomic mass is 14.3. The van der Waals surface area contributed by atoms with Crippen LogP contribution in [-0.4, -0.2) is 0 Å². The summed E-state index contributed by atoms with van der Waals surface area (Å²) in [7, 11) is 0. The summed E-state index contributed by atoms with van der Waals surface area (Å²) in [5, 5.41) is 0. The van der Waals surface area contributed by atoms with Crippen molar-refractivity contribution in [2.24, 2.45) is 17.8 Å². The third-order valence-electron chi connectivity index (χ3n) is 4.63. The Bertz CT molecular complexity index is 151. The molecule has 0 bridgehead atoms. The predicted molar refractivity (Wildman–Crippen MR) is 64.4 cm³/mol. The normalized spacial score (nSPS) is 36.6. The lowest BCUT2D eigenvalue weighted by atomic mass is 9.74. The molecule has 0 aromatic heterocycles. The van der Waals surface area contributed by atoms with Gasteiger partial charge < -0.3 is 0 Å². The zero-order valence-corrected chi connectivity index (χ0v) is 9.80. The van der Waals surface area contributed by atoms with Gasteiger partial charge in [0, 0.05) is 1.43 Å². The van der Waals surface area contributed by atoms with Crippen molar-refractivity contribution in [2.75, 3.05) is 0 Å². The first-order valence-electron chi connectivity index (χ1n) is 6.86. The Balaban J connectivity index is 0.00000112. The molecule has 0 heterocycles. The van der Waals surface area contributed by atoms with Crippen molar-refractivity contribution in [2.45, 2.75) is 71.1 Å². The van der Waals surface area contributed by atoms with Crippen LogP contribution in [0, 0.1) is 17.8 Å². The fourth-order valence-electron chi connectivity index (χ4n) is 3.54. The maximum atomic E-state index is 2.43. The third kappa shape index (κ3) is 2.74. The largest absolute Gasteiger partial charge is 0.0625 e. The molecule has 0 heteroatoms. The van der Waals surface area contributed by atoms with Crippen LogP contribution in [0.1, 0.15) is 72.6 Å². The molecular formula is C14H28. The van der Waals surface area contributed by atoms with Crippen molar-refractivity contribution in [1.29, 1.82) is 0 Å². The van der Waals surface area contributed by atoms with Gasteiger partial charge in [-0.15, -0.1) is 0 Å². The lowest BCUT2D eigenvalue weighted by molar-refractivity contribution is 0.196. The van der Waals surface area contributed by atoms with Crippen LogP contribution in [0.3, 0.4) is 0 Å². The average Bonchev–Trinajstić information content (AvgIpc) is 2.47. The van der Waals surface area contributed by atoms with Gasteiger partial charge in [-0.1, -0.05) is 58.3 Å². The Morgan fingerprint density at radius 3 is 1.71 bits per heavy atom. The van der Waals surface area contributed by atoms with Gasteiger partial charge in [0.1, 0.15) is 0 Å². The van der Waals surface area contributed by atoms with E-state index in [1.54, 1.807) is 25.7 Å². The molecule has 0 amide bonds. The molecule has 0 saturated heterocycles. The summed E-state index contributed by atoms with van der Waals surface area (Å²) in [6, 6.07) is 0. The maximum absolute atomic E-state index is 2.43. The summed E-state index contributed by atoms with van der Waals surface area (Å²) in [6.45, 7) is 2.43. The zero-order chi connectivity index (χ0) is 9.80. The van der Waals surface area contributed by atoms with Crippen molar-refractivity contribution < 1.29 is 1.43 Å². The standard InChI is InChI=1S/C14H26.H2/c1-12-8-10-14(11-9-12)13-6-4-2-3-5-7-13;/h12-14H,2-11H2,1H3;1H. The van der Waals surface area contributed by atoms with Gasteiger partial charge in [-0.2, -0.15) is 0 Å². The van der Waals surface area contributed by atoms with Gasteiger partial charge >= 0.3 is 0 Å². The molecule has 0 aromatic carbocycles.